The average Bonchev–Trinajstić information content (AvgIpc) is 3.22. The van der Waals surface area contributed by atoms with Crippen molar-refractivity contribution in [3.8, 4) is 0 Å². The summed E-state index contributed by atoms with van der Waals surface area (Å²) in [5, 5.41) is 6.59. The molecule has 3 amide bonds. The molecule has 33 heavy (non-hydrogen) atoms. The van der Waals surface area contributed by atoms with Crippen LogP contribution in [0.25, 0.3) is 0 Å². The summed E-state index contributed by atoms with van der Waals surface area (Å²) in [7, 11) is 1.70. The van der Waals surface area contributed by atoms with Crippen molar-refractivity contribution in [1.82, 2.24) is 24.6 Å². The van der Waals surface area contributed by atoms with Crippen LogP contribution < -0.4 is 0 Å². The topological polar surface area (TPSA) is 96.5 Å². The van der Waals surface area contributed by atoms with Gasteiger partial charge in [-0.3, -0.25) is 24.4 Å². The molecular weight excluding hydrogens is 428 g/mol. The van der Waals surface area contributed by atoms with E-state index in [9.17, 15) is 9.59 Å². The molecule has 0 aromatic heterocycles. The van der Waals surface area contributed by atoms with E-state index in [1.165, 1.54) is 9.80 Å². The van der Waals surface area contributed by atoms with Crippen LogP contribution >= 0.6 is 0 Å². The molecule has 180 valence electrons. The van der Waals surface area contributed by atoms with Crippen molar-refractivity contribution in [2.24, 2.45) is 10.1 Å². The van der Waals surface area contributed by atoms with Gasteiger partial charge in [0.25, 0.3) is 5.91 Å². The maximum atomic E-state index is 13.5. The zero-order chi connectivity index (χ0) is 22.9. The van der Waals surface area contributed by atoms with Gasteiger partial charge in [-0.15, -0.1) is 10.1 Å². The van der Waals surface area contributed by atoms with Gasteiger partial charge in [0.1, 0.15) is 13.1 Å². The predicted molar refractivity (Wildman–Crippen MR) is 121 cm³/mol. The number of rotatable bonds is 6. The molecule has 5 rings (SSSR count). The summed E-state index contributed by atoms with van der Waals surface area (Å²) in [5.41, 5.74) is 0.921. The van der Waals surface area contributed by atoms with Gasteiger partial charge in [0.05, 0.1) is 32.1 Å². The Morgan fingerprint density at radius 2 is 1.55 bits per heavy atom. The van der Waals surface area contributed by atoms with E-state index in [4.69, 9.17) is 19.6 Å². The number of hydrazone groups is 1. The van der Waals surface area contributed by atoms with E-state index in [0.29, 0.717) is 51.2 Å². The van der Waals surface area contributed by atoms with Crippen LogP contribution in [0.2, 0.25) is 0 Å². The van der Waals surface area contributed by atoms with Gasteiger partial charge in [-0.25, -0.2) is 9.37 Å². The highest BCUT2D eigenvalue weighted by Gasteiger charge is 2.54. The number of amides is 3. The summed E-state index contributed by atoms with van der Waals surface area (Å²) < 4.78 is 12.8. The van der Waals surface area contributed by atoms with Crippen LogP contribution in [0, 0.1) is 0 Å². The number of fused-ring (bicyclic) bond motifs is 2. The van der Waals surface area contributed by atoms with Gasteiger partial charge in [0, 0.05) is 52.9 Å². The number of imide groups is 1. The second-order valence-electron chi connectivity index (χ2n) is 9.00. The van der Waals surface area contributed by atoms with E-state index >= 15 is 0 Å². The third-order valence-corrected chi connectivity index (χ3v) is 6.79. The van der Waals surface area contributed by atoms with Crippen LogP contribution in [-0.2, 0) is 14.3 Å². The number of hydrogen-bond acceptors (Lipinski definition) is 9. The largest absolute Gasteiger partial charge is 0.416 e. The van der Waals surface area contributed by atoms with E-state index in [2.05, 4.69) is 9.80 Å². The summed E-state index contributed by atoms with van der Waals surface area (Å²) in [6.07, 6.45) is 0. The van der Waals surface area contributed by atoms with Gasteiger partial charge in [-0.2, -0.15) is 0 Å². The molecule has 12 nitrogen and oxygen atoms in total. The van der Waals surface area contributed by atoms with Gasteiger partial charge in [-0.05, 0) is 6.92 Å². The standard InChI is InChI=1S/C21H33N8O4/c1-16-15-28-17-18(22-20(28)29(23-16)6-4-26-9-13-33-14-10-26)24(2)21(31)27(19(17)30)5-3-25-7-11-32-12-8-25/h17H,3-15H2,1-2H3/q+1. The molecule has 0 bridgehead atoms. The van der Waals surface area contributed by atoms with Crippen LogP contribution in [0.5, 0.6) is 0 Å². The zero-order valence-electron chi connectivity index (χ0n) is 19.5. The third kappa shape index (κ3) is 4.39. The lowest BCUT2D eigenvalue weighted by atomic mass is 10.1. The Balaban J connectivity index is 1.32. The van der Waals surface area contributed by atoms with Gasteiger partial charge in [0.15, 0.2) is 0 Å². The molecule has 3 saturated heterocycles. The smallest absolute Gasteiger partial charge is 0.379 e. The summed E-state index contributed by atoms with van der Waals surface area (Å²) >= 11 is 0. The third-order valence-electron chi connectivity index (χ3n) is 6.79. The molecule has 0 aliphatic carbocycles. The normalized spacial score (nSPS) is 27.1. The number of aliphatic imine (C=N–C) groups is 1. The maximum Gasteiger partial charge on any atom is 0.416 e. The van der Waals surface area contributed by atoms with E-state index in [0.717, 1.165) is 51.6 Å². The molecule has 5 aliphatic rings. The quantitative estimate of drug-likeness (QED) is 0.439. The van der Waals surface area contributed by atoms with Gasteiger partial charge in [0.2, 0.25) is 11.9 Å². The lowest BCUT2D eigenvalue weighted by Gasteiger charge is -2.36. The minimum absolute atomic E-state index is 0.206. The molecule has 12 heteroatoms. The van der Waals surface area contributed by atoms with Crippen LogP contribution in [0.15, 0.2) is 10.1 Å². The molecule has 5 heterocycles. The molecule has 1 atom stereocenters. The van der Waals surface area contributed by atoms with Crippen molar-refractivity contribution in [2.75, 3.05) is 92.4 Å². The van der Waals surface area contributed by atoms with E-state index < -0.39 is 6.04 Å². The van der Waals surface area contributed by atoms with Gasteiger partial charge in [-0.1, -0.05) is 4.99 Å². The van der Waals surface area contributed by atoms with E-state index in [1.807, 2.05) is 16.5 Å². The average molecular weight is 462 g/mol. The monoisotopic (exact) mass is 461 g/mol. The number of ether oxygens (including phenoxy) is 2. The number of guanidine groups is 1. The predicted octanol–water partition coefficient (Wildman–Crippen LogP) is -1.61. The van der Waals surface area contributed by atoms with Crippen LogP contribution in [0.3, 0.4) is 0 Å². The number of amidine groups is 1. The van der Waals surface area contributed by atoms with Crippen molar-refractivity contribution in [3.05, 3.63) is 0 Å². The fraction of sp³-hybridized carbons (Fsp3) is 0.762. The van der Waals surface area contributed by atoms with Crippen LogP contribution in [0.1, 0.15) is 6.92 Å². The number of morpholine rings is 2. The Bertz CT molecular complexity index is 891. The minimum Gasteiger partial charge on any atom is -0.379 e. The molecule has 5 aliphatic heterocycles. The number of carbonyl (C=O) groups excluding carboxylic acids is 2. The Morgan fingerprint density at radius 3 is 2.18 bits per heavy atom. The van der Waals surface area contributed by atoms with Gasteiger partial charge < -0.3 is 9.47 Å². The molecule has 0 spiro atoms. The molecule has 0 radical (unpaired) electrons. The number of carbonyl (C=O) groups is 2. The van der Waals surface area contributed by atoms with Crippen molar-refractivity contribution >= 4 is 29.4 Å². The lowest BCUT2D eigenvalue weighted by Crippen LogP contribution is -2.64. The molecule has 0 aromatic rings. The summed E-state index contributed by atoms with van der Waals surface area (Å²) in [6.45, 7) is 11.3. The lowest BCUT2D eigenvalue weighted by molar-refractivity contribution is -0.527. The van der Waals surface area contributed by atoms with Crippen molar-refractivity contribution < 1.29 is 23.6 Å². The summed E-state index contributed by atoms with van der Waals surface area (Å²) in [5.74, 6) is 0.934. The van der Waals surface area contributed by atoms with E-state index in [-0.39, 0.29) is 11.9 Å². The van der Waals surface area contributed by atoms with Crippen LogP contribution in [-0.4, -0.2) is 157 Å². The van der Waals surface area contributed by atoms with Crippen molar-refractivity contribution in [2.45, 2.75) is 13.0 Å². The molecule has 3 fully saturated rings. The second kappa shape index (κ2) is 9.45. The molecule has 0 saturated carbocycles. The number of urea groups is 1. The summed E-state index contributed by atoms with van der Waals surface area (Å²) in [4.78, 5) is 38.8. The first-order valence-corrected chi connectivity index (χ1v) is 11.8. The molecule has 0 aromatic carbocycles. The minimum atomic E-state index is -0.594. The Labute approximate surface area is 193 Å². The molecule has 0 N–H and O–H groups in total. The molecular formula is C21H33N8O4+. The van der Waals surface area contributed by atoms with Crippen LogP contribution in [0.4, 0.5) is 4.79 Å². The number of nitrogens with zero attached hydrogens (tertiary/aromatic N) is 8. The second-order valence-corrected chi connectivity index (χ2v) is 9.00. The number of likely N-dealkylation sites (N-methyl/N-ethyl adjacent to an activating group) is 1. The van der Waals surface area contributed by atoms with E-state index in [1.54, 1.807) is 7.05 Å². The van der Waals surface area contributed by atoms with Crippen molar-refractivity contribution in [1.29, 1.82) is 0 Å². The van der Waals surface area contributed by atoms with Gasteiger partial charge >= 0.3 is 12.0 Å². The highest BCUT2D eigenvalue weighted by atomic mass is 16.5. The highest BCUT2D eigenvalue weighted by molar-refractivity contribution is 6.23. The number of hydrogen-bond donors (Lipinski definition) is 0. The highest BCUT2D eigenvalue weighted by Crippen LogP contribution is 2.23. The summed E-state index contributed by atoms with van der Waals surface area (Å²) in [6, 6.07) is -0.912. The Morgan fingerprint density at radius 1 is 0.939 bits per heavy atom. The molecule has 1 unspecified atom stereocenters. The Kier molecular flexibility index (Phi) is 6.41. The maximum absolute atomic E-state index is 13.5. The van der Waals surface area contributed by atoms with Crippen molar-refractivity contribution in [3.63, 3.8) is 0 Å². The first-order valence-electron chi connectivity index (χ1n) is 11.8. The fourth-order valence-electron chi connectivity index (χ4n) is 4.89. The SMILES string of the molecule is CC1=NN(CCN2CCOCC2)C2=[N+](C1)C1C(=O)N(CCN3CCOCC3)C(=O)N(C)C1=N2. The first-order chi connectivity index (χ1) is 16.0. The zero-order valence-corrected chi connectivity index (χ0v) is 19.5. The first kappa shape index (κ1) is 22.4. The Hall–Kier alpha value is -2.41. The fourth-order valence-corrected chi connectivity index (χ4v) is 4.89.